The maximum Gasteiger partial charge on any atom is 0.482 e. The first-order chi connectivity index (χ1) is 21.6. The van der Waals surface area contributed by atoms with Crippen LogP contribution in [-0.4, -0.2) is 49.2 Å². The molecular formula is C33H33F3N7O3+. The predicted molar refractivity (Wildman–Crippen MR) is 164 cm³/mol. The van der Waals surface area contributed by atoms with Gasteiger partial charge in [0.1, 0.15) is 23.1 Å². The molecule has 3 atom stereocenters. The molecule has 2 N–H and O–H groups in total. The van der Waals surface area contributed by atoms with Gasteiger partial charge in [0.05, 0.1) is 28.1 Å². The first-order valence-electron chi connectivity index (χ1n) is 14.8. The summed E-state index contributed by atoms with van der Waals surface area (Å²) in [6, 6.07) is 6.52. The number of hydrogen-bond donors (Lipinski definition) is 2. The molecule has 0 spiro atoms. The number of amidine groups is 2. The van der Waals surface area contributed by atoms with Crippen LogP contribution in [-0.2, 0) is 0 Å². The summed E-state index contributed by atoms with van der Waals surface area (Å²) in [5, 5.41) is 30.9. The number of aliphatic imine (C=N–C) groups is 1. The van der Waals surface area contributed by atoms with Crippen LogP contribution in [0, 0.1) is 35.5 Å². The number of benzene rings is 1. The molecule has 238 valence electrons. The van der Waals surface area contributed by atoms with E-state index in [-0.39, 0.29) is 68.5 Å². The Morgan fingerprint density at radius 3 is 2.54 bits per heavy atom. The van der Waals surface area contributed by atoms with E-state index >= 15 is 0 Å². The number of nitrogens with one attached hydrogen (secondary N) is 1. The Hall–Kier alpha value is -5.08. The highest BCUT2D eigenvalue weighted by Gasteiger charge is 2.48. The van der Waals surface area contributed by atoms with E-state index in [0.717, 1.165) is 6.42 Å². The van der Waals surface area contributed by atoms with Crippen LogP contribution in [0.25, 0.3) is 5.70 Å². The van der Waals surface area contributed by atoms with Crippen LogP contribution in [0.1, 0.15) is 90.5 Å². The summed E-state index contributed by atoms with van der Waals surface area (Å²) in [6.45, 7) is 9.46. The Bertz CT molecular complexity index is 1860. The molecule has 2 aliphatic carbocycles. The van der Waals surface area contributed by atoms with Crippen molar-refractivity contribution in [3.8, 4) is 6.07 Å². The minimum atomic E-state index is -4.79. The first-order valence-corrected chi connectivity index (χ1v) is 14.8. The van der Waals surface area contributed by atoms with Crippen molar-refractivity contribution in [1.29, 1.82) is 5.26 Å². The topological polar surface area (TPSA) is 147 Å². The van der Waals surface area contributed by atoms with E-state index < -0.39 is 23.8 Å². The highest BCUT2D eigenvalue weighted by atomic mass is 19.4. The lowest BCUT2D eigenvalue weighted by Crippen LogP contribution is -2.41. The number of Topliss-reactive ketones (excluding diaryl/α,β-unsaturated/α-hetero) is 1. The number of halogens is 3. The van der Waals surface area contributed by atoms with Crippen LogP contribution in [0.5, 0.6) is 0 Å². The number of ketones is 1. The summed E-state index contributed by atoms with van der Waals surface area (Å²) < 4.78 is 40.7. The van der Waals surface area contributed by atoms with Gasteiger partial charge in [-0.15, -0.1) is 0 Å². The quantitative estimate of drug-likeness (QED) is 0.250. The third-order valence-electron chi connectivity index (χ3n) is 8.53. The van der Waals surface area contributed by atoms with Gasteiger partial charge >= 0.3 is 17.8 Å². The SMILES string of the molecule is Cc1cc(C#N)cc(C(=O)C2CCC2C(C)(C)C)c1NC(=O)c1cc(C(C)C2=[N+]=NC(C(F)(F)F)=N2)nn1C1=CCC=CC=C1O. The highest BCUT2D eigenvalue weighted by Crippen LogP contribution is 2.48. The summed E-state index contributed by atoms with van der Waals surface area (Å²) in [5.74, 6) is -3.73. The molecule has 1 aromatic carbocycles. The van der Waals surface area contributed by atoms with Gasteiger partial charge in [-0.25, -0.2) is 4.68 Å². The molecule has 0 radical (unpaired) electrons. The number of aromatic nitrogens is 2. The minimum absolute atomic E-state index is 0.0659. The van der Waals surface area contributed by atoms with Crippen molar-refractivity contribution in [3.05, 3.63) is 76.3 Å². The molecule has 1 fully saturated rings. The number of amides is 1. The molecule has 2 heterocycles. The minimum Gasteiger partial charge on any atom is -0.506 e. The van der Waals surface area contributed by atoms with Crippen molar-refractivity contribution in [2.75, 3.05) is 5.32 Å². The van der Waals surface area contributed by atoms with Gasteiger partial charge in [-0.1, -0.05) is 43.8 Å². The molecule has 0 saturated heterocycles. The maximum atomic E-state index is 14.1. The molecule has 0 bridgehead atoms. The molecule has 1 saturated carbocycles. The van der Waals surface area contributed by atoms with E-state index in [0.29, 0.717) is 18.4 Å². The van der Waals surface area contributed by atoms with Gasteiger partial charge in [0, 0.05) is 16.5 Å². The number of hydrogen-bond acceptors (Lipinski definition) is 7. The molecule has 1 amide bonds. The molecule has 1 aromatic heterocycles. The standard InChI is InChI=1S/C33H32F3N7O3/c1-17-13-19(16-37)14-21(28(45)20-11-12-22(20)32(3,4)5)27(17)38-30(46)25-15-23(18(2)29-39-31(41-40-29)33(34,35)36)42-43(25)24-9-7-6-8-10-26(24)44/h6,8-10,13-15,18,20,22H,7,11-12H2,1-5H3,(H-,38,44,45,46)/p+1. The highest BCUT2D eigenvalue weighted by molar-refractivity contribution is 6.11. The summed E-state index contributed by atoms with van der Waals surface area (Å²) in [7, 11) is 0. The molecular weight excluding hydrogens is 599 g/mol. The molecule has 13 heteroatoms. The zero-order valence-corrected chi connectivity index (χ0v) is 26.0. The Morgan fingerprint density at radius 1 is 1.20 bits per heavy atom. The number of aryl methyl sites for hydroxylation is 1. The number of carbonyl (C=O) groups is 2. The molecule has 1 aliphatic heterocycles. The van der Waals surface area contributed by atoms with Gasteiger partial charge < -0.3 is 10.4 Å². The van der Waals surface area contributed by atoms with Crippen molar-refractivity contribution < 1.29 is 32.7 Å². The van der Waals surface area contributed by atoms with Crippen LogP contribution in [0.3, 0.4) is 0 Å². The van der Waals surface area contributed by atoms with E-state index in [2.05, 4.69) is 52.2 Å². The van der Waals surface area contributed by atoms with Crippen molar-refractivity contribution in [2.24, 2.45) is 27.4 Å². The van der Waals surface area contributed by atoms with E-state index in [1.54, 1.807) is 31.2 Å². The summed E-state index contributed by atoms with van der Waals surface area (Å²) >= 11 is 0. The molecule has 3 aliphatic rings. The summed E-state index contributed by atoms with van der Waals surface area (Å²) in [4.78, 5) is 35.1. The van der Waals surface area contributed by atoms with Gasteiger partial charge in [0.25, 0.3) is 5.91 Å². The van der Waals surface area contributed by atoms with Crippen LogP contribution >= 0.6 is 0 Å². The van der Waals surface area contributed by atoms with E-state index in [4.69, 9.17) is 0 Å². The third-order valence-corrected chi connectivity index (χ3v) is 8.53. The molecule has 10 nitrogen and oxygen atoms in total. The number of nitriles is 1. The second-order valence-electron chi connectivity index (χ2n) is 12.7. The fraction of sp³-hybridized carbons (Fsp3) is 0.394. The van der Waals surface area contributed by atoms with Crippen LogP contribution < -0.4 is 5.32 Å². The molecule has 46 heavy (non-hydrogen) atoms. The summed E-state index contributed by atoms with van der Waals surface area (Å²) in [5.41, 5.74) is 1.38. The smallest absolute Gasteiger partial charge is 0.482 e. The van der Waals surface area contributed by atoms with Crippen molar-refractivity contribution in [3.63, 3.8) is 0 Å². The predicted octanol–water partition coefficient (Wildman–Crippen LogP) is 6.95. The van der Waals surface area contributed by atoms with E-state index in [9.17, 15) is 33.1 Å². The van der Waals surface area contributed by atoms with Crippen LogP contribution in [0.4, 0.5) is 18.9 Å². The third kappa shape index (κ3) is 6.21. The van der Waals surface area contributed by atoms with Gasteiger partial charge in [-0.3, -0.25) is 9.59 Å². The van der Waals surface area contributed by atoms with Crippen LogP contribution in [0.15, 0.2) is 58.4 Å². The Labute approximate surface area is 263 Å². The van der Waals surface area contributed by atoms with Crippen molar-refractivity contribution >= 4 is 34.7 Å². The van der Waals surface area contributed by atoms with Gasteiger partial charge in [0.2, 0.25) is 0 Å². The van der Waals surface area contributed by atoms with Gasteiger partial charge in [0.15, 0.2) is 5.78 Å². The zero-order chi connectivity index (χ0) is 33.6. The number of carbonyl (C=O) groups excluding carboxylic acids is 2. The number of alkyl halides is 3. The zero-order valence-electron chi connectivity index (χ0n) is 26.0. The number of aliphatic hydroxyl groups is 1. The normalized spacial score (nSPS) is 20.1. The lowest BCUT2D eigenvalue weighted by Gasteiger charge is -2.44. The van der Waals surface area contributed by atoms with Gasteiger partial charge in [-0.05, 0) is 74.3 Å². The summed E-state index contributed by atoms with van der Waals surface area (Å²) in [6.07, 6.45) is 3.69. The Kier molecular flexibility index (Phi) is 8.45. The lowest BCUT2D eigenvalue weighted by atomic mass is 9.59. The number of nitrogens with zero attached hydrogens (tertiary/aromatic N) is 6. The van der Waals surface area contributed by atoms with Gasteiger partial charge in [-0.2, -0.15) is 23.5 Å². The second-order valence-corrected chi connectivity index (χ2v) is 12.7. The van der Waals surface area contributed by atoms with E-state index in [1.165, 1.54) is 29.8 Å². The number of rotatable bonds is 7. The van der Waals surface area contributed by atoms with Crippen LogP contribution in [0.2, 0.25) is 0 Å². The average molecular weight is 633 g/mol. The number of allylic oxidation sites excluding steroid dienone is 5. The molecule has 3 unspecified atom stereocenters. The monoisotopic (exact) mass is 632 g/mol. The molecule has 2 aromatic rings. The number of anilines is 1. The maximum absolute atomic E-state index is 14.1. The second kappa shape index (κ2) is 12.0. The fourth-order valence-electron chi connectivity index (χ4n) is 5.89. The number of aliphatic hydroxyl groups excluding tert-OH is 1. The lowest BCUT2D eigenvalue weighted by molar-refractivity contribution is -0.0929. The fourth-order valence-corrected chi connectivity index (χ4v) is 5.89. The Morgan fingerprint density at radius 2 is 1.93 bits per heavy atom. The first kappa shape index (κ1) is 32.3. The van der Waals surface area contributed by atoms with E-state index in [1.807, 2.05) is 0 Å². The average Bonchev–Trinajstić information content (AvgIpc) is 3.57. The van der Waals surface area contributed by atoms with Crippen molar-refractivity contribution in [2.45, 2.75) is 66.0 Å². The van der Waals surface area contributed by atoms with Crippen molar-refractivity contribution in [1.82, 2.24) is 9.78 Å². The largest absolute Gasteiger partial charge is 0.506 e. The molecule has 5 rings (SSSR count). The Balaban J connectivity index is 1.56.